The van der Waals surface area contributed by atoms with Crippen molar-refractivity contribution in [2.75, 3.05) is 6.61 Å². The standard InChI is InChI=1S/C29H32N2O6/c1-19-8-11-24(35-15-14-29(3,4)34)16-26(19)25-7-5-6-22(20(25)2)18-36-23-12-9-21(10-13-23)17-31-27(32)30-28(33)37-31/h5-13,16,34H,14-15,17-18H2,1-4H3,(H,30,32,33). The summed E-state index contributed by atoms with van der Waals surface area (Å²) < 4.78 is 17.7. The third-order valence-electron chi connectivity index (χ3n) is 6.20. The van der Waals surface area contributed by atoms with Gasteiger partial charge in [-0.25, -0.2) is 14.6 Å². The van der Waals surface area contributed by atoms with Gasteiger partial charge in [0.25, 0.3) is 0 Å². The van der Waals surface area contributed by atoms with E-state index in [1.54, 1.807) is 13.8 Å². The molecule has 8 heteroatoms. The molecule has 4 rings (SSSR count). The molecular weight excluding hydrogens is 472 g/mol. The molecule has 0 saturated heterocycles. The first kappa shape index (κ1) is 26.0. The normalized spacial score (nSPS) is 11.5. The smallest absolute Gasteiger partial charge is 0.440 e. The lowest BCUT2D eigenvalue weighted by atomic mass is 9.93. The van der Waals surface area contributed by atoms with Crippen molar-refractivity contribution in [1.82, 2.24) is 9.72 Å². The summed E-state index contributed by atoms with van der Waals surface area (Å²) in [5.41, 5.74) is 4.99. The molecule has 0 unspecified atom stereocenters. The Labute approximate surface area is 215 Å². The van der Waals surface area contributed by atoms with Crippen LogP contribution in [0.3, 0.4) is 0 Å². The van der Waals surface area contributed by atoms with E-state index in [4.69, 9.17) is 14.0 Å². The van der Waals surface area contributed by atoms with Crippen molar-refractivity contribution >= 4 is 0 Å². The highest BCUT2D eigenvalue weighted by Crippen LogP contribution is 2.32. The molecule has 37 heavy (non-hydrogen) atoms. The van der Waals surface area contributed by atoms with Crippen molar-refractivity contribution in [3.05, 3.63) is 104 Å². The number of aromatic amines is 1. The van der Waals surface area contributed by atoms with Crippen LogP contribution in [0.5, 0.6) is 11.5 Å². The van der Waals surface area contributed by atoms with Crippen molar-refractivity contribution < 1.29 is 19.1 Å². The molecule has 0 radical (unpaired) electrons. The molecule has 0 saturated carbocycles. The average Bonchev–Trinajstić information content (AvgIpc) is 3.16. The maximum absolute atomic E-state index is 11.6. The number of benzene rings is 3. The summed E-state index contributed by atoms with van der Waals surface area (Å²) in [4.78, 5) is 24.8. The number of H-pyrrole nitrogens is 1. The molecule has 1 aromatic heterocycles. The van der Waals surface area contributed by atoms with Crippen LogP contribution in [-0.2, 0) is 13.2 Å². The van der Waals surface area contributed by atoms with E-state index in [0.29, 0.717) is 25.4 Å². The minimum atomic E-state index is -0.775. The van der Waals surface area contributed by atoms with Crippen molar-refractivity contribution in [1.29, 1.82) is 0 Å². The highest BCUT2D eigenvalue weighted by molar-refractivity contribution is 5.72. The van der Waals surface area contributed by atoms with Crippen molar-refractivity contribution in [2.24, 2.45) is 0 Å². The van der Waals surface area contributed by atoms with E-state index < -0.39 is 17.0 Å². The number of nitrogens with zero attached hydrogens (tertiary/aromatic N) is 1. The van der Waals surface area contributed by atoms with E-state index in [-0.39, 0.29) is 6.54 Å². The Morgan fingerprint density at radius 3 is 2.35 bits per heavy atom. The molecule has 0 aliphatic heterocycles. The number of aromatic nitrogens is 2. The second-order valence-corrected chi connectivity index (χ2v) is 9.76. The van der Waals surface area contributed by atoms with Gasteiger partial charge in [-0.05, 0) is 85.3 Å². The largest absolute Gasteiger partial charge is 0.493 e. The second kappa shape index (κ2) is 10.9. The van der Waals surface area contributed by atoms with Gasteiger partial charge in [0, 0.05) is 6.42 Å². The minimum Gasteiger partial charge on any atom is -0.493 e. The molecule has 1 heterocycles. The highest BCUT2D eigenvalue weighted by atomic mass is 16.5. The van der Waals surface area contributed by atoms with Gasteiger partial charge in [0.2, 0.25) is 0 Å². The van der Waals surface area contributed by atoms with Crippen LogP contribution in [-0.4, -0.2) is 27.0 Å². The third-order valence-corrected chi connectivity index (χ3v) is 6.20. The summed E-state index contributed by atoms with van der Waals surface area (Å²) in [6.07, 6.45) is 0.546. The molecule has 8 nitrogen and oxygen atoms in total. The van der Waals surface area contributed by atoms with Crippen LogP contribution in [0.25, 0.3) is 11.1 Å². The van der Waals surface area contributed by atoms with Gasteiger partial charge in [-0.3, -0.25) is 0 Å². The Kier molecular flexibility index (Phi) is 7.69. The molecular formula is C29H32N2O6. The molecule has 0 spiro atoms. The average molecular weight is 505 g/mol. The lowest BCUT2D eigenvalue weighted by Crippen LogP contribution is -2.21. The van der Waals surface area contributed by atoms with Crippen LogP contribution in [0.4, 0.5) is 0 Å². The first-order valence-corrected chi connectivity index (χ1v) is 12.2. The van der Waals surface area contributed by atoms with Crippen molar-refractivity contribution in [3.63, 3.8) is 0 Å². The van der Waals surface area contributed by atoms with E-state index in [9.17, 15) is 14.7 Å². The molecule has 194 valence electrons. The number of rotatable bonds is 10. The quantitative estimate of drug-likeness (QED) is 0.327. The van der Waals surface area contributed by atoms with Gasteiger partial charge in [-0.15, -0.1) is 4.74 Å². The third kappa shape index (κ3) is 6.80. The number of nitrogens with one attached hydrogen (secondary N) is 1. The number of aryl methyl sites for hydroxylation is 1. The number of hydrogen-bond donors (Lipinski definition) is 2. The topological polar surface area (TPSA) is 107 Å². The minimum absolute atomic E-state index is 0.152. The molecule has 0 aliphatic rings. The van der Waals surface area contributed by atoms with E-state index in [2.05, 4.69) is 24.9 Å². The molecule has 0 atom stereocenters. The van der Waals surface area contributed by atoms with E-state index >= 15 is 0 Å². The lowest BCUT2D eigenvalue weighted by Gasteiger charge is -2.18. The van der Waals surface area contributed by atoms with Crippen LogP contribution in [0.2, 0.25) is 0 Å². The number of aliphatic hydroxyl groups is 1. The predicted octanol–water partition coefficient (Wildman–Crippen LogP) is 4.58. The van der Waals surface area contributed by atoms with E-state index in [1.807, 2.05) is 54.6 Å². The Morgan fingerprint density at radius 1 is 0.946 bits per heavy atom. The summed E-state index contributed by atoms with van der Waals surface area (Å²) >= 11 is 0. The van der Waals surface area contributed by atoms with Crippen molar-refractivity contribution in [2.45, 2.75) is 52.9 Å². The molecule has 3 aromatic carbocycles. The maximum atomic E-state index is 11.6. The Morgan fingerprint density at radius 2 is 1.68 bits per heavy atom. The Balaban J connectivity index is 1.45. The number of hydrogen-bond acceptors (Lipinski definition) is 6. The summed E-state index contributed by atoms with van der Waals surface area (Å²) in [5, 5.41) is 9.94. The molecule has 2 N–H and O–H groups in total. The monoisotopic (exact) mass is 504 g/mol. The van der Waals surface area contributed by atoms with Gasteiger partial charge in [-0.2, -0.15) is 0 Å². The molecule has 0 aliphatic carbocycles. The highest BCUT2D eigenvalue weighted by Gasteiger charge is 2.14. The van der Waals surface area contributed by atoms with E-state index in [0.717, 1.165) is 43.9 Å². The SMILES string of the molecule is Cc1ccc(OCCC(C)(C)O)cc1-c1cccc(COc2ccc(Cn3oc(=O)[nH]c3=O)cc2)c1C. The van der Waals surface area contributed by atoms with Gasteiger partial charge < -0.3 is 19.1 Å². The van der Waals surface area contributed by atoms with Crippen LogP contribution < -0.4 is 20.9 Å². The van der Waals surface area contributed by atoms with Crippen LogP contribution in [0, 0.1) is 13.8 Å². The maximum Gasteiger partial charge on any atom is 0.440 e. The zero-order valence-electron chi connectivity index (χ0n) is 21.5. The fraction of sp³-hybridized carbons (Fsp3) is 0.310. The van der Waals surface area contributed by atoms with Crippen LogP contribution >= 0.6 is 0 Å². The molecule has 0 fully saturated rings. The molecule has 0 bridgehead atoms. The lowest BCUT2D eigenvalue weighted by molar-refractivity contribution is 0.0553. The van der Waals surface area contributed by atoms with Gasteiger partial charge in [0.15, 0.2) is 0 Å². The Bertz CT molecular complexity index is 1470. The van der Waals surface area contributed by atoms with Crippen LogP contribution in [0.1, 0.15) is 42.5 Å². The zero-order valence-corrected chi connectivity index (χ0v) is 21.5. The summed E-state index contributed by atoms with van der Waals surface area (Å²) in [6.45, 7) is 8.69. The zero-order chi connectivity index (χ0) is 26.6. The summed E-state index contributed by atoms with van der Waals surface area (Å²) in [5.74, 6) is 0.685. The van der Waals surface area contributed by atoms with Gasteiger partial charge in [0.05, 0.1) is 18.8 Å². The summed E-state index contributed by atoms with van der Waals surface area (Å²) in [7, 11) is 0. The number of ether oxygens (including phenoxy) is 2. The van der Waals surface area contributed by atoms with Gasteiger partial charge in [0.1, 0.15) is 18.1 Å². The molecule has 4 aromatic rings. The second-order valence-electron chi connectivity index (χ2n) is 9.76. The Hall–Kier alpha value is -4.04. The van der Waals surface area contributed by atoms with Gasteiger partial charge in [-0.1, -0.05) is 36.4 Å². The van der Waals surface area contributed by atoms with Crippen LogP contribution in [0.15, 0.2) is 74.8 Å². The fourth-order valence-electron chi connectivity index (χ4n) is 3.97. The fourth-order valence-corrected chi connectivity index (χ4v) is 3.97. The first-order chi connectivity index (χ1) is 17.6. The first-order valence-electron chi connectivity index (χ1n) is 12.2. The summed E-state index contributed by atoms with van der Waals surface area (Å²) in [6, 6.07) is 19.5. The van der Waals surface area contributed by atoms with Crippen molar-refractivity contribution in [3.8, 4) is 22.6 Å². The predicted molar refractivity (Wildman–Crippen MR) is 141 cm³/mol. The van der Waals surface area contributed by atoms with E-state index in [1.165, 1.54) is 0 Å². The van der Waals surface area contributed by atoms with Gasteiger partial charge >= 0.3 is 11.4 Å². The molecule has 0 amide bonds.